The summed E-state index contributed by atoms with van der Waals surface area (Å²) in [5, 5.41) is 17.2. The molecule has 1 heterocycles. The Bertz CT molecular complexity index is 624. The number of aromatic nitrogens is 2. The van der Waals surface area contributed by atoms with E-state index in [1.165, 1.54) is 16.9 Å². The Labute approximate surface area is 121 Å². The second-order valence-electron chi connectivity index (χ2n) is 4.57. The highest BCUT2D eigenvalue weighted by Gasteiger charge is 2.16. The average Bonchev–Trinajstić information content (AvgIpc) is 2.94. The van der Waals surface area contributed by atoms with Gasteiger partial charge in [-0.3, -0.25) is 4.79 Å². The summed E-state index contributed by atoms with van der Waals surface area (Å²) in [7, 11) is 0. The maximum Gasteiger partial charge on any atom is 0.389 e. The van der Waals surface area contributed by atoms with Gasteiger partial charge in [-0.2, -0.15) is 4.68 Å². The molecule has 110 valence electrons. The number of benzene rings is 1. The number of nitrogens with one attached hydrogen (secondary N) is 1. The molecule has 1 amide bonds. The first-order chi connectivity index (χ1) is 10.1. The molecule has 0 spiro atoms. The summed E-state index contributed by atoms with van der Waals surface area (Å²) in [4.78, 5) is 21.9. The molecule has 1 aromatic carbocycles. The van der Waals surface area contributed by atoms with Gasteiger partial charge in [0.05, 0.1) is 23.4 Å². The van der Waals surface area contributed by atoms with Crippen molar-refractivity contribution in [3.8, 4) is 0 Å². The predicted octanol–water partition coefficient (Wildman–Crippen LogP) is 2.06. The van der Waals surface area contributed by atoms with E-state index in [-0.39, 0.29) is 24.3 Å². The number of carbonyl (C=O) groups is 1. The van der Waals surface area contributed by atoms with Crippen LogP contribution in [0.25, 0.3) is 0 Å². The monoisotopic (exact) mass is 288 g/mol. The lowest BCUT2D eigenvalue weighted by molar-refractivity contribution is -0.389. The van der Waals surface area contributed by atoms with Gasteiger partial charge < -0.3 is 15.4 Å². The van der Waals surface area contributed by atoms with Gasteiger partial charge in [0.25, 0.3) is 0 Å². The Hall–Kier alpha value is -2.70. The Kier molecular flexibility index (Phi) is 4.65. The summed E-state index contributed by atoms with van der Waals surface area (Å²) in [5.41, 5.74) is 1.03. The van der Waals surface area contributed by atoms with Gasteiger partial charge >= 0.3 is 5.82 Å². The number of nitrogens with zero attached hydrogens (tertiary/aromatic N) is 3. The van der Waals surface area contributed by atoms with Crippen LogP contribution in [0.5, 0.6) is 0 Å². The van der Waals surface area contributed by atoms with Gasteiger partial charge in [-0.25, -0.2) is 0 Å². The lowest BCUT2D eigenvalue weighted by Crippen LogP contribution is -2.31. The molecule has 0 fully saturated rings. The molecule has 0 saturated carbocycles. The highest BCUT2D eigenvalue weighted by molar-refractivity contribution is 5.76. The number of hydrogen-bond acceptors (Lipinski definition) is 4. The lowest BCUT2D eigenvalue weighted by atomic mass is 10.0. The van der Waals surface area contributed by atoms with Crippen molar-refractivity contribution in [2.45, 2.75) is 25.9 Å². The van der Waals surface area contributed by atoms with Crippen LogP contribution in [-0.4, -0.2) is 20.6 Å². The summed E-state index contributed by atoms with van der Waals surface area (Å²) >= 11 is 0. The van der Waals surface area contributed by atoms with Crippen molar-refractivity contribution in [3.63, 3.8) is 0 Å². The molecular formula is C14H16N4O3. The number of nitro groups is 1. The van der Waals surface area contributed by atoms with Crippen LogP contribution >= 0.6 is 0 Å². The third kappa shape index (κ3) is 3.88. The number of rotatable bonds is 6. The van der Waals surface area contributed by atoms with E-state index in [2.05, 4.69) is 10.4 Å². The SMILES string of the molecule is CCC(NC(=O)Cn1ccc([N+](=O)[O-])n1)c1ccccc1. The fourth-order valence-corrected chi connectivity index (χ4v) is 2.03. The highest BCUT2D eigenvalue weighted by Crippen LogP contribution is 2.15. The van der Waals surface area contributed by atoms with Crippen molar-refractivity contribution in [2.75, 3.05) is 0 Å². The summed E-state index contributed by atoms with van der Waals surface area (Å²) < 4.78 is 1.26. The van der Waals surface area contributed by atoms with E-state index >= 15 is 0 Å². The van der Waals surface area contributed by atoms with Gasteiger partial charge in [0.2, 0.25) is 5.91 Å². The van der Waals surface area contributed by atoms with Gasteiger partial charge in [-0.1, -0.05) is 37.3 Å². The largest absolute Gasteiger partial charge is 0.389 e. The van der Waals surface area contributed by atoms with Crippen LogP contribution in [0.4, 0.5) is 5.82 Å². The van der Waals surface area contributed by atoms with Crippen LogP contribution < -0.4 is 5.32 Å². The van der Waals surface area contributed by atoms with Gasteiger partial charge in [0.15, 0.2) is 0 Å². The van der Waals surface area contributed by atoms with Crippen molar-refractivity contribution in [2.24, 2.45) is 0 Å². The predicted molar refractivity (Wildman–Crippen MR) is 76.5 cm³/mol. The van der Waals surface area contributed by atoms with Crippen LogP contribution in [0.15, 0.2) is 42.6 Å². The fraction of sp³-hybridized carbons (Fsp3) is 0.286. The van der Waals surface area contributed by atoms with E-state index in [0.29, 0.717) is 0 Å². The minimum Gasteiger partial charge on any atom is -0.358 e. The zero-order valence-electron chi connectivity index (χ0n) is 11.6. The molecule has 1 N–H and O–H groups in total. The molecule has 0 aliphatic rings. The molecule has 7 nitrogen and oxygen atoms in total. The third-order valence-corrected chi connectivity index (χ3v) is 3.06. The standard InChI is InChI=1S/C14H16N4O3/c1-2-12(11-6-4-3-5-7-11)15-14(19)10-17-9-8-13(16-17)18(20)21/h3-9,12H,2,10H2,1H3,(H,15,19). The summed E-state index contributed by atoms with van der Waals surface area (Å²) in [6.45, 7) is 1.94. The topological polar surface area (TPSA) is 90.1 Å². The van der Waals surface area contributed by atoms with Gasteiger partial charge in [0.1, 0.15) is 6.54 Å². The van der Waals surface area contributed by atoms with Crippen LogP contribution in [0.2, 0.25) is 0 Å². The average molecular weight is 288 g/mol. The summed E-state index contributed by atoms with van der Waals surface area (Å²) in [6, 6.07) is 10.8. The molecular weight excluding hydrogens is 272 g/mol. The number of amides is 1. The van der Waals surface area contributed by atoms with Crippen molar-refractivity contribution in [1.82, 2.24) is 15.1 Å². The fourth-order valence-electron chi connectivity index (χ4n) is 2.03. The highest BCUT2D eigenvalue weighted by atomic mass is 16.6. The number of hydrogen-bond donors (Lipinski definition) is 1. The minimum absolute atomic E-state index is 0.0445. The van der Waals surface area contributed by atoms with Crippen LogP contribution in [0, 0.1) is 10.1 Å². The Morgan fingerprint density at radius 3 is 2.67 bits per heavy atom. The zero-order valence-corrected chi connectivity index (χ0v) is 11.6. The van der Waals surface area contributed by atoms with Crippen molar-refractivity contribution >= 4 is 11.7 Å². The van der Waals surface area contributed by atoms with Crippen LogP contribution in [0.3, 0.4) is 0 Å². The van der Waals surface area contributed by atoms with E-state index in [9.17, 15) is 14.9 Å². The van der Waals surface area contributed by atoms with Gasteiger partial charge in [0, 0.05) is 0 Å². The van der Waals surface area contributed by atoms with E-state index in [4.69, 9.17) is 0 Å². The Morgan fingerprint density at radius 2 is 2.10 bits per heavy atom. The molecule has 2 rings (SSSR count). The first-order valence-electron chi connectivity index (χ1n) is 6.62. The molecule has 0 aliphatic carbocycles. The van der Waals surface area contributed by atoms with Gasteiger partial charge in [-0.05, 0) is 16.9 Å². The molecule has 1 unspecified atom stereocenters. The normalized spacial score (nSPS) is 11.9. The molecule has 0 aliphatic heterocycles. The van der Waals surface area contributed by atoms with Crippen LogP contribution in [0.1, 0.15) is 24.9 Å². The molecule has 0 saturated heterocycles. The van der Waals surface area contributed by atoms with Crippen molar-refractivity contribution in [3.05, 3.63) is 58.3 Å². The van der Waals surface area contributed by atoms with Crippen molar-refractivity contribution < 1.29 is 9.72 Å². The van der Waals surface area contributed by atoms with Crippen LogP contribution in [-0.2, 0) is 11.3 Å². The summed E-state index contributed by atoms with van der Waals surface area (Å²) in [5.74, 6) is -0.499. The molecule has 0 radical (unpaired) electrons. The molecule has 2 aromatic rings. The summed E-state index contributed by atoms with van der Waals surface area (Å²) in [6.07, 6.45) is 2.18. The second-order valence-corrected chi connectivity index (χ2v) is 4.57. The zero-order chi connectivity index (χ0) is 15.2. The second kappa shape index (κ2) is 6.65. The first-order valence-corrected chi connectivity index (χ1v) is 6.62. The molecule has 7 heteroatoms. The third-order valence-electron chi connectivity index (χ3n) is 3.06. The molecule has 1 atom stereocenters. The number of carbonyl (C=O) groups excluding carboxylic acids is 1. The van der Waals surface area contributed by atoms with E-state index in [1.54, 1.807) is 0 Å². The quantitative estimate of drug-likeness (QED) is 0.650. The maximum atomic E-state index is 12.0. The Morgan fingerprint density at radius 1 is 1.38 bits per heavy atom. The molecule has 1 aromatic heterocycles. The maximum absolute atomic E-state index is 12.0. The first kappa shape index (κ1) is 14.7. The van der Waals surface area contributed by atoms with E-state index in [1.807, 2.05) is 37.3 Å². The molecule has 0 bridgehead atoms. The van der Waals surface area contributed by atoms with Gasteiger partial charge in [-0.15, -0.1) is 0 Å². The van der Waals surface area contributed by atoms with E-state index in [0.717, 1.165) is 12.0 Å². The lowest BCUT2D eigenvalue weighted by Gasteiger charge is -2.16. The van der Waals surface area contributed by atoms with E-state index < -0.39 is 4.92 Å². The minimum atomic E-state index is -0.590. The molecule has 21 heavy (non-hydrogen) atoms. The Balaban J connectivity index is 1.98. The smallest absolute Gasteiger partial charge is 0.358 e. The van der Waals surface area contributed by atoms with Crippen molar-refractivity contribution in [1.29, 1.82) is 0 Å².